The standard InChI is InChI=1S/C21H20FN3O2/c1-21(13-23,15-5-3-2-4-6-15)16-8-9-18(17(22)11-16)27-19-10-7-14(12-25-19)20(24)26/h2-12H,13,23H2,1H3,(H2,24,26). The van der Waals surface area contributed by atoms with Crippen LogP contribution in [0.15, 0.2) is 66.9 Å². The lowest BCUT2D eigenvalue weighted by Gasteiger charge is -2.29. The van der Waals surface area contributed by atoms with Crippen LogP contribution in [0.2, 0.25) is 0 Å². The Morgan fingerprint density at radius 2 is 1.85 bits per heavy atom. The van der Waals surface area contributed by atoms with Gasteiger partial charge in [0.25, 0.3) is 0 Å². The summed E-state index contributed by atoms with van der Waals surface area (Å²) in [5.41, 5.74) is 12.7. The third kappa shape index (κ3) is 3.80. The Morgan fingerprint density at radius 1 is 1.11 bits per heavy atom. The first-order valence-corrected chi connectivity index (χ1v) is 8.43. The average Bonchev–Trinajstić information content (AvgIpc) is 2.70. The number of amides is 1. The lowest BCUT2D eigenvalue weighted by molar-refractivity contribution is 0.1000. The van der Waals surface area contributed by atoms with Crippen LogP contribution in [0.25, 0.3) is 0 Å². The summed E-state index contributed by atoms with van der Waals surface area (Å²) in [5, 5.41) is 0. The van der Waals surface area contributed by atoms with Crippen molar-refractivity contribution in [2.75, 3.05) is 6.54 Å². The van der Waals surface area contributed by atoms with Crippen LogP contribution in [0.3, 0.4) is 0 Å². The van der Waals surface area contributed by atoms with Gasteiger partial charge < -0.3 is 16.2 Å². The highest BCUT2D eigenvalue weighted by atomic mass is 19.1. The Hall–Kier alpha value is -3.25. The molecule has 138 valence electrons. The molecule has 0 aliphatic carbocycles. The Bertz CT molecular complexity index is 945. The number of carbonyl (C=O) groups is 1. The van der Waals surface area contributed by atoms with E-state index in [4.69, 9.17) is 16.2 Å². The maximum Gasteiger partial charge on any atom is 0.250 e. The highest BCUT2D eigenvalue weighted by Crippen LogP contribution is 2.34. The summed E-state index contributed by atoms with van der Waals surface area (Å²) in [6, 6.07) is 17.4. The van der Waals surface area contributed by atoms with E-state index in [-0.39, 0.29) is 17.2 Å². The highest BCUT2D eigenvalue weighted by Gasteiger charge is 2.28. The monoisotopic (exact) mass is 365 g/mol. The fraction of sp³-hybridized carbons (Fsp3) is 0.143. The van der Waals surface area contributed by atoms with Gasteiger partial charge in [0, 0.05) is 24.2 Å². The van der Waals surface area contributed by atoms with Gasteiger partial charge in [-0.05, 0) is 29.3 Å². The highest BCUT2D eigenvalue weighted by molar-refractivity contribution is 5.92. The Morgan fingerprint density at radius 3 is 2.41 bits per heavy atom. The summed E-state index contributed by atoms with van der Waals surface area (Å²) in [5.74, 6) is -0.919. The summed E-state index contributed by atoms with van der Waals surface area (Å²) in [6.45, 7) is 2.30. The van der Waals surface area contributed by atoms with Crippen LogP contribution in [0.4, 0.5) is 4.39 Å². The largest absolute Gasteiger partial charge is 0.436 e. The molecule has 0 spiro atoms. The van der Waals surface area contributed by atoms with Crippen LogP contribution in [0.1, 0.15) is 28.4 Å². The van der Waals surface area contributed by atoms with E-state index < -0.39 is 17.1 Å². The molecular weight excluding hydrogens is 345 g/mol. The summed E-state index contributed by atoms with van der Waals surface area (Å²) in [7, 11) is 0. The second-order valence-corrected chi connectivity index (χ2v) is 6.40. The zero-order valence-corrected chi connectivity index (χ0v) is 14.9. The van der Waals surface area contributed by atoms with Crippen molar-refractivity contribution in [3.05, 3.63) is 89.4 Å². The fourth-order valence-corrected chi connectivity index (χ4v) is 2.83. The van der Waals surface area contributed by atoms with Gasteiger partial charge in [0.05, 0.1) is 5.56 Å². The molecule has 3 aromatic rings. The zero-order valence-electron chi connectivity index (χ0n) is 14.9. The molecule has 0 saturated carbocycles. The van der Waals surface area contributed by atoms with Gasteiger partial charge in [-0.3, -0.25) is 4.79 Å². The summed E-state index contributed by atoms with van der Waals surface area (Å²) < 4.78 is 20.1. The number of ether oxygens (including phenoxy) is 1. The number of carbonyl (C=O) groups excluding carboxylic acids is 1. The van der Waals surface area contributed by atoms with Gasteiger partial charge in [0.1, 0.15) is 0 Å². The van der Waals surface area contributed by atoms with E-state index >= 15 is 0 Å². The van der Waals surface area contributed by atoms with E-state index in [1.807, 2.05) is 37.3 Å². The molecule has 27 heavy (non-hydrogen) atoms. The summed E-state index contributed by atoms with van der Waals surface area (Å²) in [4.78, 5) is 15.0. The molecule has 6 heteroatoms. The van der Waals surface area contributed by atoms with Crippen LogP contribution >= 0.6 is 0 Å². The quantitative estimate of drug-likeness (QED) is 0.700. The molecule has 3 rings (SSSR count). The van der Waals surface area contributed by atoms with Crippen LogP contribution in [0, 0.1) is 5.82 Å². The predicted molar refractivity (Wildman–Crippen MR) is 101 cm³/mol. The molecule has 0 aliphatic heterocycles. The second-order valence-electron chi connectivity index (χ2n) is 6.40. The van der Waals surface area contributed by atoms with Crippen molar-refractivity contribution in [3.63, 3.8) is 0 Å². The molecule has 0 radical (unpaired) electrons. The minimum atomic E-state index is -0.591. The van der Waals surface area contributed by atoms with Crippen LogP contribution in [0.5, 0.6) is 11.6 Å². The Labute approximate surface area is 156 Å². The van der Waals surface area contributed by atoms with E-state index in [0.29, 0.717) is 6.54 Å². The average molecular weight is 365 g/mol. The van der Waals surface area contributed by atoms with Gasteiger partial charge in [-0.25, -0.2) is 9.37 Å². The molecule has 0 saturated heterocycles. The second kappa shape index (κ2) is 7.55. The van der Waals surface area contributed by atoms with Gasteiger partial charge in [0.15, 0.2) is 11.6 Å². The zero-order chi connectivity index (χ0) is 19.4. The molecule has 1 unspecified atom stereocenters. The van der Waals surface area contributed by atoms with Gasteiger partial charge in [-0.15, -0.1) is 0 Å². The van der Waals surface area contributed by atoms with Crippen LogP contribution in [-0.2, 0) is 5.41 Å². The molecule has 1 amide bonds. The number of nitrogens with two attached hydrogens (primary N) is 2. The molecule has 4 N–H and O–H groups in total. The third-order valence-electron chi connectivity index (χ3n) is 4.62. The van der Waals surface area contributed by atoms with E-state index in [1.165, 1.54) is 24.4 Å². The molecular formula is C21H20FN3O2. The van der Waals surface area contributed by atoms with Crippen molar-refractivity contribution in [2.24, 2.45) is 11.5 Å². The molecule has 1 aromatic heterocycles. The number of hydrogen-bond donors (Lipinski definition) is 2. The molecule has 2 aromatic carbocycles. The number of pyridine rings is 1. The minimum absolute atomic E-state index is 0.0329. The first-order valence-electron chi connectivity index (χ1n) is 8.43. The molecule has 0 aliphatic rings. The van der Waals surface area contributed by atoms with Gasteiger partial charge in [-0.1, -0.05) is 43.3 Å². The van der Waals surface area contributed by atoms with Gasteiger partial charge >= 0.3 is 0 Å². The predicted octanol–water partition coefficient (Wildman–Crippen LogP) is 3.38. The number of primary amides is 1. The Kier molecular flexibility index (Phi) is 5.19. The number of hydrogen-bond acceptors (Lipinski definition) is 4. The first-order chi connectivity index (χ1) is 12.9. The van der Waals surface area contributed by atoms with Crippen molar-refractivity contribution < 1.29 is 13.9 Å². The molecule has 1 heterocycles. The molecule has 0 fully saturated rings. The van der Waals surface area contributed by atoms with Gasteiger partial charge in [-0.2, -0.15) is 0 Å². The maximum absolute atomic E-state index is 14.7. The maximum atomic E-state index is 14.7. The van der Waals surface area contributed by atoms with E-state index in [2.05, 4.69) is 4.98 Å². The number of nitrogens with zero attached hydrogens (tertiary/aromatic N) is 1. The van der Waals surface area contributed by atoms with Crippen LogP contribution in [-0.4, -0.2) is 17.4 Å². The Balaban J connectivity index is 1.88. The van der Waals surface area contributed by atoms with Gasteiger partial charge in [0.2, 0.25) is 11.8 Å². The van der Waals surface area contributed by atoms with Crippen molar-refractivity contribution in [1.29, 1.82) is 0 Å². The van der Waals surface area contributed by atoms with Crippen molar-refractivity contribution in [1.82, 2.24) is 4.98 Å². The van der Waals surface area contributed by atoms with E-state index in [1.54, 1.807) is 12.1 Å². The minimum Gasteiger partial charge on any atom is -0.436 e. The van der Waals surface area contributed by atoms with Crippen LogP contribution < -0.4 is 16.2 Å². The van der Waals surface area contributed by atoms with Crippen molar-refractivity contribution in [3.8, 4) is 11.6 Å². The fourth-order valence-electron chi connectivity index (χ4n) is 2.83. The third-order valence-corrected chi connectivity index (χ3v) is 4.62. The topological polar surface area (TPSA) is 91.2 Å². The number of benzene rings is 2. The SMILES string of the molecule is CC(CN)(c1ccccc1)c1ccc(Oc2ccc(C(N)=O)cn2)c(F)c1. The number of aromatic nitrogens is 1. The van der Waals surface area contributed by atoms with Crippen molar-refractivity contribution >= 4 is 5.91 Å². The van der Waals surface area contributed by atoms with E-state index in [9.17, 15) is 9.18 Å². The molecule has 5 nitrogen and oxygen atoms in total. The smallest absolute Gasteiger partial charge is 0.250 e. The lowest BCUT2D eigenvalue weighted by Crippen LogP contribution is -2.33. The van der Waals surface area contributed by atoms with Crippen molar-refractivity contribution in [2.45, 2.75) is 12.3 Å². The summed E-state index contributed by atoms with van der Waals surface area (Å²) in [6.07, 6.45) is 1.28. The first kappa shape index (κ1) is 18.5. The molecule has 0 bridgehead atoms. The number of rotatable bonds is 6. The van der Waals surface area contributed by atoms with E-state index in [0.717, 1.165) is 11.1 Å². The normalized spacial score (nSPS) is 13.0. The number of halogens is 1. The molecule has 1 atom stereocenters. The summed E-state index contributed by atoms with van der Waals surface area (Å²) >= 11 is 0. The lowest BCUT2D eigenvalue weighted by atomic mass is 9.76.